The van der Waals surface area contributed by atoms with Gasteiger partial charge in [0.15, 0.2) is 0 Å². The number of hydrogen-bond acceptors (Lipinski definition) is 4. The van der Waals surface area contributed by atoms with Gasteiger partial charge in [0.2, 0.25) is 0 Å². The van der Waals surface area contributed by atoms with Crippen LogP contribution < -0.4 is 5.32 Å². The molecule has 0 aromatic rings. The second kappa shape index (κ2) is 20.5. The van der Waals surface area contributed by atoms with Gasteiger partial charge in [-0.25, -0.2) is 9.59 Å². The number of hydrogen-bond donors (Lipinski definition) is 1. The van der Waals surface area contributed by atoms with Crippen LogP contribution in [0.4, 0.5) is 4.79 Å². The largest absolute Gasteiger partial charge is 0.464 e. The van der Waals surface area contributed by atoms with Crippen molar-refractivity contribution in [2.75, 3.05) is 13.2 Å². The highest BCUT2D eigenvalue weighted by atomic mass is 16.6. The van der Waals surface area contributed by atoms with Gasteiger partial charge in [-0.2, -0.15) is 0 Å². The first-order valence-electron chi connectivity index (χ1n) is 11.7. The van der Waals surface area contributed by atoms with Crippen LogP contribution in [0.5, 0.6) is 0 Å². The Balaban J connectivity index is 3.38. The van der Waals surface area contributed by atoms with Gasteiger partial charge in [0.05, 0.1) is 13.2 Å². The van der Waals surface area contributed by atoms with Gasteiger partial charge in [0.1, 0.15) is 6.04 Å². The monoisotopic (exact) mass is 399 g/mol. The molecule has 1 amide bonds. The summed E-state index contributed by atoms with van der Waals surface area (Å²) in [5.74, 6) is -0.397. The Labute approximate surface area is 173 Å². The highest BCUT2D eigenvalue weighted by Crippen LogP contribution is 2.12. The Morgan fingerprint density at radius 3 is 1.57 bits per heavy atom. The molecular formula is C23H45NO4. The van der Waals surface area contributed by atoms with E-state index in [0.717, 1.165) is 25.7 Å². The number of unbranched alkanes of at least 4 members (excludes halogenated alkanes) is 13. The Morgan fingerprint density at radius 2 is 1.07 bits per heavy atom. The van der Waals surface area contributed by atoms with E-state index < -0.39 is 18.1 Å². The molecule has 0 unspecified atom stereocenters. The summed E-state index contributed by atoms with van der Waals surface area (Å²) >= 11 is 0. The summed E-state index contributed by atoms with van der Waals surface area (Å²) in [5.41, 5.74) is 0. The number of alkyl carbamates (subject to hydrolysis) is 1. The van der Waals surface area contributed by atoms with E-state index in [4.69, 9.17) is 9.47 Å². The van der Waals surface area contributed by atoms with Crippen LogP contribution in [0, 0.1) is 0 Å². The first-order chi connectivity index (χ1) is 13.6. The molecule has 0 spiro atoms. The Bertz CT molecular complexity index is 374. The highest BCUT2D eigenvalue weighted by molar-refractivity contribution is 5.80. The first-order valence-corrected chi connectivity index (χ1v) is 11.7. The van der Waals surface area contributed by atoms with Crippen molar-refractivity contribution in [1.29, 1.82) is 0 Å². The summed E-state index contributed by atoms with van der Waals surface area (Å²) in [6, 6.07) is -0.670. The fourth-order valence-corrected chi connectivity index (χ4v) is 3.00. The average Bonchev–Trinajstić information content (AvgIpc) is 2.68. The maximum Gasteiger partial charge on any atom is 0.407 e. The molecule has 0 aromatic carbocycles. The van der Waals surface area contributed by atoms with Gasteiger partial charge in [-0.05, 0) is 19.8 Å². The Hall–Kier alpha value is -1.26. The van der Waals surface area contributed by atoms with E-state index in [9.17, 15) is 9.59 Å². The lowest BCUT2D eigenvalue weighted by Crippen LogP contribution is -2.40. The molecule has 0 heterocycles. The third kappa shape index (κ3) is 18.1. The molecule has 28 heavy (non-hydrogen) atoms. The zero-order chi connectivity index (χ0) is 20.9. The average molecular weight is 400 g/mol. The minimum absolute atomic E-state index is 0.378. The number of rotatable bonds is 19. The third-order valence-corrected chi connectivity index (χ3v) is 4.91. The second-order valence-electron chi connectivity index (χ2n) is 7.77. The molecule has 0 saturated heterocycles. The second-order valence-corrected chi connectivity index (χ2v) is 7.77. The predicted octanol–water partition coefficient (Wildman–Crippen LogP) is 6.54. The van der Waals surface area contributed by atoms with Crippen LogP contribution in [0.25, 0.3) is 0 Å². The van der Waals surface area contributed by atoms with Crippen molar-refractivity contribution < 1.29 is 19.1 Å². The normalized spacial score (nSPS) is 11.8. The van der Waals surface area contributed by atoms with E-state index >= 15 is 0 Å². The van der Waals surface area contributed by atoms with Crippen molar-refractivity contribution in [2.45, 2.75) is 123 Å². The van der Waals surface area contributed by atoms with Crippen LogP contribution in [0.1, 0.15) is 117 Å². The molecule has 0 aromatic heterocycles. The highest BCUT2D eigenvalue weighted by Gasteiger charge is 2.17. The molecule has 0 aliphatic carbocycles. The van der Waals surface area contributed by atoms with E-state index in [1.54, 1.807) is 6.92 Å². The fourth-order valence-electron chi connectivity index (χ4n) is 3.00. The number of amides is 1. The van der Waals surface area contributed by atoms with Crippen molar-refractivity contribution in [1.82, 2.24) is 5.32 Å². The van der Waals surface area contributed by atoms with Crippen LogP contribution >= 0.6 is 0 Å². The summed E-state index contributed by atoms with van der Waals surface area (Å²) in [6.07, 6.45) is 18.0. The van der Waals surface area contributed by atoms with Gasteiger partial charge < -0.3 is 14.8 Å². The Morgan fingerprint density at radius 1 is 0.643 bits per heavy atom. The zero-order valence-electron chi connectivity index (χ0n) is 18.7. The van der Waals surface area contributed by atoms with Crippen LogP contribution in [0.15, 0.2) is 0 Å². The van der Waals surface area contributed by atoms with Crippen molar-refractivity contribution in [3.05, 3.63) is 0 Å². The van der Waals surface area contributed by atoms with Crippen molar-refractivity contribution in [2.24, 2.45) is 0 Å². The molecule has 0 radical (unpaired) electrons. The minimum Gasteiger partial charge on any atom is -0.464 e. The number of esters is 1. The first kappa shape index (κ1) is 26.7. The molecule has 0 rings (SSSR count). The van der Waals surface area contributed by atoms with Gasteiger partial charge >= 0.3 is 12.1 Å². The molecule has 0 aliphatic rings. The van der Waals surface area contributed by atoms with Gasteiger partial charge in [0.25, 0.3) is 0 Å². The van der Waals surface area contributed by atoms with Crippen molar-refractivity contribution >= 4 is 12.1 Å². The van der Waals surface area contributed by atoms with E-state index in [0.29, 0.717) is 13.2 Å². The lowest BCUT2D eigenvalue weighted by molar-refractivity contribution is -0.145. The van der Waals surface area contributed by atoms with Crippen LogP contribution in [0.2, 0.25) is 0 Å². The molecular weight excluding hydrogens is 354 g/mol. The van der Waals surface area contributed by atoms with Crippen molar-refractivity contribution in [3.63, 3.8) is 0 Å². The zero-order valence-corrected chi connectivity index (χ0v) is 18.7. The van der Waals surface area contributed by atoms with E-state index in [1.807, 2.05) is 6.92 Å². The molecule has 5 heteroatoms. The van der Waals surface area contributed by atoms with E-state index in [1.165, 1.54) is 70.6 Å². The lowest BCUT2D eigenvalue weighted by atomic mass is 10.0. The quantitative estimate of drug-likeness (QED) is 0.198. The lowest BCUT2D eigenvalue weighted by Gasteiger charge is -2.13. The van der Waals surface area contributed by atoms with Crippen molar-refractivity contribution in [3.8, 4) is 0 Å². The van der Waals surface area contributed by atoms with Crippen LogP contribution in [0.3, 0.4) is 0 Å². The van der Waals surface area contributed by atoms with E-state index in [-0.39, 0.29) is 0 Å². The SMILES string of the molecule is CCCCCCCCCCCCCCCOC(=O)[C@H](C)NC(=O)OCCCC. The van der Waals surface area contributed by atoms with Crippen LogP contribution in [-0.4, -0.2) is 31.3 Å². The third-order valence-electron chi connectivity index (χ3n) is 4.91. The number of nitrogens with one attached hydrogen (secondary N) is 1. The smallest absolute Gasteiger partial charge is 0.407 e. The topological polar surface area (TPSA) is 64.6 Å². The summed E-state index contributed by atoms with van der Waals surface area (Å²) < 4.78 is 10.2. The fraction of sp³-hybridized carbons (Fsp3) is 0.913. The minimum atomic E-state index is -0.670. The number of carbonyl (C=O) groups excluding carboxylic acids is 2. The van der Waals surface area contributed by atoms with Crippen LogP contribution in [-0.2, 0) is 14.3 Å². The standard InChI is InChI=1S/C23H45NO4/c1-4-6-8-9-10-11-12-13-14-15-16-17-18-20-27-22(25)21(3)24-23(26)28-19-7-5-2/h21H,4-20H2,1-3H3,(H,24,26)/t21-/m0/s1. The number of carbonyl (C=O) groups is 2. The summed E-state index contributed by atoms with van der Waals surface area (Å²) in [6.45, 7) is 6.71. The Kier molecular flexibility index (Phi) is 19.6. The molecule has 0 bridgehead atoms. The maximum atomic E-state index is 11.8. The maximum absolute atomic E-state index is 11.8. The van der Waals surface area contributed by atoms with Gasteiger partial charge in [-0.1, -0.05) is 97.3 Å². The van der Waals surface area contributed by atoms with Gasteiger partial charge in [0, 0.05) is 0 Å². The molecule has 5 nitrogen and oxygen atoms in total. The predicted molar refractivity (Wildman–Crippen MR) is 116 cm³/mol. The number of ether oxygens (including phenoxy) is 2. The molecule has 1 N–H and O–H groups in total. The summed E-state index contributed by atoms with van der Waals surface area (Å²) in [5, 5.41) is 2.50. The summed E-state index contributed by atoms with van der Waals surface area (Å²) in [7, 11) is 0. The molecule has 166 valence electrons. The summed E-state index contributed by atoms with van der Waals surface area (Å²) in [4.78, 5) is 23.3. The molecule has 1 atom stereocenters. The molecule has 0 aliphatic heterocycles. The van der Waals surface area contributed by atoms with Gasteiger partial charge in [-0.3, -0.25) is 0 Å². The van der Waals surface area contributed by atoms with E-state index in [2.05, 4.69) is 12.2 Å². The van der Waals surface area contributed by atoms with Gasteiger partial charge in [-0.15, -0.1) is 0 Å². The molecule has 0 saturated carbocycles. The molecule has 0 fully saturated rings.